The lowest BCUT2D eigenvalue weighted by atomic mass is 10.1. The van der Waals surface area contributed by atoms with Gasteiger partial charge in [-0.3, -0.25) is 5.32 Å². The summed E-state index contributed by atoms with van der Waals surface area (Å²) in [6.07, 6.45) is -0.682. The topological polar surface area (TPSA) is 73.6 Å². The average Bonchev–Trinajstić information content (AvgIpc) is 3.10. The Kier molecular flexibility index (Phi) is 4.94. The number of carbonyl (C=O) groups excluding carboxylic acids is 1. The molecule has 1 aromatic heterocycles. The van der Waals surface area contributed by atoms with Crippen LogP contribution in [-0.4, -0.2) is 18.4 Å². The molecule has 0 radical (unpaired) electrons. The van der Waals surface area contributed by atoms with Gasteiger partial charge < -0.3 is 14.0 Å². The van der Waals surface area contributed by atoms with Crippen molar-refractivity contribution in [1.82, 2.24) is 5.16 Å². The molecule has 0 saturated carbocycles. The van der Waals surface area contributed by atoms with Crippen molar-refractivity contribution in [2.45, 2.75) is 6.61 Å². The summed E-state index contributed by atoms with van der Waals surface area (Å²) in [6.45, 7) is 0.272. The number of carbonyl (C=O) groups is 1. The molecular formula is C18H15FN2O4. The fourth-order valence-electron chi connectivity index (χ4n) is 2.13. The van der Waals surface area contributed by atoms with E-state index in [4.69, 9.17) is 9.26 Å². The third kappa shape index (κ3) is 4.14. The zero-order valence-corrected chi connectivity index (χ0v) is 13.4. The van der Waals surface area contributed by atoms with E-state index in [-0.39, 0.29) is 18.2 Å². The minimum atomic E-state index is -0.682. The second-order valence-corrected chi connectivity index (χ2v) is 5.11. The minimum Gasteiger partial charge on any atom is -0.486 e. The fraction of sp³-hybridized carbons (Fsp3) is 0.111. The van der Waals surface area contributed by atoms with Crippen molar-refractivity contribution in [3.8, 4) is 17.0 Å². The summed E-state index contributed by atoms with van der Waals surface area (Å²) in [5.74, 6) is -0.269. The molecule has 1 N–H and O–H groups in total. The molecule has 0 aliphatic rings. The highest BCUT2D eigenvalue weighted by Crippen LogP contribution is 2.27. The molecule has 1 amide bonds. The Balaban J connectivity index is 1.70. The van der Waals surface area contributed by atoms with Crippen LogP contribution in [-0.2, 0) is 11.3 Å². The van der Waals surface area contributed by atoms with Crippen LogP contribution in [0.3, 0.4) is 0 Å². The fourth-order valence-corrected chi connectivity index (χ4v) is 2.13. The molecule has 0 aliphatic carbocycles. The minimum absolute atomic E-state index is 0.103. The molecule has 2 aromatic carbocycles. The van der Waals surface area contributed by atoms with E-state index < -0.39 is 11.9 Å². The molecule has 6 nitrogen and oxygen atoms in total. The molecule has 0 fully saturated rings. The van der Waals surface area contributed by atoms with Crippen molar-refractivity contribution in [2.75, 3.05) is 12.4 Å². The monoisotopic (exact) mass is 342 g/mol. The Bertz CT molecular complexity index is 865. The number of nitrogens with one attached hydrogen (secondary N) is 1. The molecular weight excluding hydrogens is 327 g/mol. The van der Waals surface area contributed by atoms with Crippen LogP contribution in [0.25, 0.3) is 11.3 Å². The quantitative estimate of drug-likeness (QED) is 0.751. The zero-order valence-electron chi connectivity index (χ0n) is 13.4. The maximum atomic E-state index is 14.2. The van der Waals surface area contributed by atoms with E-state index in [0.29, 0.717) is 11.3 Å². The highest BCUT2D eigenvalue weighted by atomic mass is 19.1. The van der Waals surface area contributed by atoms with Gasteiger partial charge in [0.1, 0.15) is 12.3 Å². The number of methoxy groups -OCH3 is 1. The van der Waals surface area contributed by atoms with Gasteiger partial charge in [0.05, 0.1) is 7.11 Å². The molecule has 7 heteroatoms. The second kappa shape index (κ2) is 7.48. The number of nitrogens with zero attached hydrogens (tertiary/aromatic N) is 1. The van der Waals surface area contributed by atoms with Crippen LogP contribution in [0, 0.1) is 5.82 Å². The van der Waals surface area contributed by atoms with E-state index in [1.807, 2.05) is 30.3 Å². The second-order valence-electron chi connectivity index (χ2n) is 5.11. The van der Waals surface area contributed by atoms with E-state index in [1.54, 1.807) is 6.07 Å². The molecule has 3 aromatic rings. The Labute approximate surface area is 143 Å². The molecule has 1 heterocycles. The molecule has 0 atom stereocenters. The highest BCUT2D eigenvalue weighted by Gasteiger charge is 2.12. The van der Waals surface area contributed by atoms with Crippen molar-refractivity contribution in [2.24, 2.45) is 0 Å². The number of benzene rings is 2. The largest absolute Gasteiger partial charge is 0.486 e. The lowest BCUT2D eigenvalue weighted by Crippen LogP contribution is -2.09. The van der Waals surface area contributed by atoms with Gasteiger partial charge in [-0.2, -0.15) is 0 Å². The first-order valence-corrected chi connectivity index (χ1v) is 7.44. The number of rotatable bonds is 5. The van der Waals surface area contributed by atoms with Gasteiger partial charge in [-0.15, -0.1) is 0 Å². The first-order chi connectivity index (χ1) is 12.2. The summed E-state index contributed by atoms with van der Waals surface area (Å²) in [5, 5.41) is 6.12. The average molecular weight is 342 g/mol. The number of amides is 1. The summed E-state index contributed by atoms with van der Waals surface area (Å²) in [4.78, 5) is 11.1. The summed E-state index contributed by atoms with van der Waals surface area (Å²) in [6, 6.07) is 15.4. The van der Waals surface area contributed by atoms with Crippen molar-refractivity contribution in [3.63, 3.8) is 0 Å². The third-order valence-electron chi connectivity index (χ3n) is 3.39. The van der Waals surface area contributed by atoms with E-state index in [9.17, 15) is 9.18 Å². The van der Waals surface area contributed by atoms with Crippen LogP contribution >= 0.6 is 0 Å². The molecule has 128 valence electrons. The molecule has 3 rings (SSSR count). The predicted molar refractivity (Wildman–Crippen MR) is 88.7 cm³/mol. The van der Waals surface area contributed by atoms with Crippen LogP contribution in [0.4, 0.5) is 15.1 Å². The number of halogens is 1. The van der Waals surface area contributed by atoms with E-state index in [1.165, 1.54) is 25.3 Å². The summed E-state index contributed by atoms with van der Waals surface area (Å²) in [5.41, 5.74) is 1.81. The third-order valence-corrected chi connectivity index (χ3v) is 3.39. The van der Waals surface area contributed by atoms with Crippen molar-refractivity contribution in [3.05, 3.63) is 66.0 Å². The Morgan fingerprint density at radius 2 is 2.00 bits per heavy atom. The maximum Gasteiger partial charge on any atom is 0.413 e. The van der Waals surface area contributed by atoms with Gasteiger partial charge in [-0.1, -0.05) is 35.5 Å². The van der Waals surface area contributed by atoms with Gasteiger partial charge in [0.2, 0.25) is 5.88 Å². The number of anilines is 1. The van der Waals surface area contributed by atoms with Gasteiger partial charge in [0.15, 0.2) is 11.6 Å². The highest BCUT2D eigenvalue weighted by molar-refractivity contribution is 5.83. The Morgan fingerprint density at radius 3 is 2.72 bits per heavy atom. The lowest BCUT2D eigenvalue weighted by molar-refractivity contribution is 0.186. The lowest BCUT2D eigenvalue weighted by Gasteiger charge is -2.08. The Hall–Kier alpha value is -3.35. The van der Waals surface area contributed by atoms with Crippen molar-refractivity contribution >= 4 is 12.0 Å². The number of aromatic nitrogens is 1. The number of hydrogen-bond donors (Lipinski definition) is 1. The molecule has 0 saturated heterocycles. The summed E-state index contributed by atoms with van der Waals surface area (Å²) in [7, 11) is 1.23. The van der Waals surface area contributed by atoms with Crippen molar-refractivity contribution in [1.29, 1.82) is 0 Å². The maximum absolute atomic E-state index is 14.2. The van der Waals surface area contributed by atoms with Gasteiger partial charge in [0.25, 0.3) is 0 Å². The van der Waals surface area contributed by atoms with Crippen LogP contribution in [0.1, 0.15) is 5.56 Å². The van der Waals surface area contributed by atoms with Crippen LogP contribution in [0.2, 0.25) is 0 Å². The van der Waals surface area contributed by atoms with Gasteiger partial charge in [-0.25, -0.2) is 9.18 Å². The van der Waals surface area contributed by atoms with E-state index in [0.717, 1.165) is 5.56 Å². The zero-order chi connectivity index (χ0) is 17.6. The SMILES string of the molecule is COC(=O)Nc1cc(-c2ccc(OCc3ccccc3)c(F)c2)no1. The molecule has 0 bridgehead atoms. The normalized spacial score (nSPS) is 10.3. The smallest absolute Gasteiger partial charge is 0.413 e. The first-order valence-electron chi connectivity index (χ1n) is 7.44. The first kappa shape index (κ1) is 16.5. The van der Waals surface area contributed by atoms with Gasteiger partial charge in [-0.05, 0) is 23.8 Å². The van der Waals surface area contributed by atoms with Gasteiger partial charge in [0, 0.05) is 11.6 Å². The summed E-state index contributed by atoms with van der Waals surface area (Å²) >= 11 is 0. The molecule has 0 aliphatic heterocycles. The van der Waals surface area contributed by atoms with E-state index >= 15 is 0 Å². The van der Waals surface area contributed by atoms with E-state index in [2.05, 4.69) is 15.2 Å². The number of hydrogen-bond acceptors (Lipinski definition) is 5. The van der Waals surface area contributed by atoms with Crippen LogP contribution < -0.4 is 10.1 Å². The van der Waals surface area contributed by atoms with Crippen molar-refractivity contribution < 1.29 is 23.2 Å². The summed E-state index contributed by atoms with van der Waals surface area (Å²) < 4.78 is 29.1. The molecule has 0 unspecified atom stereocenters. The number of ether oxygens (including phenoxy) is 2. The standard InChI is InChI=1S/C18H15FN2O4/c1-23-18(22)20-17-10-15(21-25-17)13-7-8-16(14(19)9-13)24-11-12-5-3-2-4-6-12/h2-10H,11H2,1H3,(H,20,22). The van der Waals surface area contributed by atoms with Gasteiger partial charge >= 0.3 is 6.09 Å². The van der Waals surface area contributed by atoms with Crippen LogP contribution in [0.15, 0.2) is 59.1 Å². The molecule has 0 spiro atoms. The predicted octanol–water partition coefficient (Wildman–Crippen LogP) is 4.24. The van der Waals surface area contributed by atoms with Crippen LogP contribution in [0.5, 0.6) is 5.75 Å². The Morgan fingerprint density at radius 1 is 1.20 bits per heavy atom. The molecule has 25 heavy (non-hydrogen) atoms.